The molecule has 2 saturated heterocycles. The Morgan fingerprint density at radius 2 is 1.66 bits per heavy atom. The van der Waals surface area contributed by atoms with Crippen LogP contribution in [0.2, 0.25) is 0 Å². The van der Waals surface area contributed by atoms with Gasteiger partial charge in [-0.15, -0.1) is 0 Å². The first-order valence-corrected chi connectivity index (χ1v) is 20.8. The first kappa shape index (κ1) is 41.3. The van der Waals surface area contributed by atoms with Gasteiger partial charge in [-0.3, -0.25) is 34.2 Å². The number of imide groups is 2. The van der Waals surface area contributed by atoms with E-state index in [1.165, 1.54) is 0 Å². The summed E-state index contributed by atoms with van der Waals surface area (Å²) < 4.78 is 13.9. The van der Waals surface area contributed by atoms with Crippen LogP contribution in [0.5, 0.6) is 11.8 Å². The number of carbonyl (C=O) groups excluding carboxylic acids is 5. The van der Waals surface area contributed by atoms with Crippen molar-refractivity contribution in [1.29, 1.82) is 0 Å². The van der Waals surface area contributed by atoms with Crippen LogP contribution in [-0.4, -0.2) is 97.8 Å². The van der Waals surface area contributed by atoms with Gasteiger partial charge in [-0.2, -0.15) is 19.6 Å². The van der Waals surface area contributed by atoms with E-state index in [1.807, 2.05) is 30.5 Å². The van der Waals surface area contributed by atoms with E-state index in [4.69, 9.17) is 19.4 Å². The Labute approximate surface area is 343 Å². The van der Waals surface area contributed by atoms with E-state index in [0.717, 1.165) is 91.8 Å². The number of ether oxygens (including phenoxy) is 2. The van der Waals surface area contributed by atoms with Crippen molar-refractivity contribution in [2.75, 3.05) is 37.4 Å². The number of carbonyl (C=O) groups is 5. The number of nitrogens with one attached hydrogen (secondary N) is 3. The second-order valence-corrected chi connectivity index (χ2v) is 15.9. The van der Waals surface area contributed by atoms with Crippen LogP contribution in [0.3, 0.4) is 0 Å². The van der Waals surface area contributed by atoms with Gasteiger partial charge in [0.15, 0.2) is 5.65 Å². The highest BCUT2D eigenvalue weighted by Gasteiger charge is 2.46. The minimum atomic E-state index is -1.02. The molecular weight excluding hydrogens is 755 g/mol. The number of benzene rings is 2. The number of nitrogens with zero attached hydrogens (tertiary/aromatic N) is 6. The van der Waals surface area contributed by atoms with Gasteiger partial charge < -0.3 is 25.0 Å². The van der Waals surface area contributed by atoms with Crippen LogP contribution in [0.1, 0.15) is 122 Å². The van der Waals surface area contributed by atoms with Crippen LogP contribution in [0.15, 0.2) is 48.7 Å². The maximum Gasteiger partial charge on any atom is 0.322 e. The largest absolute Gasteiger partial charge is 0.493 e. The van der Waals surface area contributed by atoms with Crippen LogP contribution in [0.4, 0.5) is 11.6 Å². The molecule has 5 heterocycles. The molecule has 2 fully saturated rings. The van der Waals surface area contributed by atoms with Gasteiger partial charge in [0, 0.05) is 43.7 Å². The van der Waals surface area contributed by atoms with Gasteiger partial charge in [0.2, 0.25) is 23.7 Å². The van der Waals surface area contributed by atoms with Crippen molar-refractivity contribution in [3.05, 3.63) is 70.9 Å². The van der Waals surface area contributed by atoms with E-state index in [1.54, 1.807) is 22.7 Å². The quantitative estimate of drug-likeness (QED) is 0.0850. The summed E-state index contributed by atoms with van der Waals surface area (Å²) in [6.45, 7) is 7.06. The summed E-state index contributed by atoms with van der Waals surface area (Å²) >= 11 is 0. The third-order valence-corrected chi connectivity index (χ3v) is 11.1. The minimum absolute atomic E-state index is 0.0241. The first-order chi connectivity index (χ1) is 28.5. The first-order valence-electron chi connectivity index (χ1n) is 20.8. The number of unbranched alkanes of at least 4 members (excludes halogenated alkanes) is 5. The molecule has 7 rings (SSSR count). The summed E-state index contributed by atoms with van der Waals surface area (Å²) in [7, 11) is 2.12. The molecular formula is C43H53N9O7. The Balaban J connectivity index is 0.798. The Bertz CT molecular complexity index is 2180. The van der Waals surface area contributed by atoms with Gasteiger partial charge in [0.05, 0.1) is 23.9 Å². The number of rotatable bonds is 18. The number of fused-ring (bicyclic) bond motifs is 2. The summed E-state index contributed by atoms with van der Waals surface area (Å²) in [5, 5.41) is 13.2. The standard InChI is InChI=1S/C43H53N9O7/c1-27(2)32-26-45-52-38(32)48-43(59-30-20-22-50(3)23-21-30)49-42(52)44-25-28-14-16-29(17-15-28)46-35(53)13-8-6-4-5-7-9-24-58-34-12-10-11-31-37(34)41(57)51(40(31)56)33-18-19-36(54)47-39(33)55/h10-12,14-17,26-27,30,33H,4-9,13,18-25H2,1-3H3,(H,46,53)(H,44,48,49)(H,47,54,55). The SMILES string of the molecule is CC(C)c1cnn2c(NCc3ccc(NC(=O)CCCCCCCCOc4cccc5c4C(=O)N(C4CCC(=O)NC4=O)C5=O)cc3)nc(OC3CCN(C)CC3)nc12. The second-order valence-electron chi connectivity index (χ2n) is 15.9. The van der Waals surface area contributed by atoms with Crippen LogP contribution in [-0.2, 0) is 20.9 Å². The number of likely N-dealkylation sites (tertiary alicyclic amines) is 1. The summed E-state index contributed by atoms with van der Waals surface area (Å²) in [5.74, 6) is -1.11. The van der Waals surface area contributed by atoms with E-state index in [2.05, 4.69) is 46.8 Å². The van der Waals surface area contributed by atoms with Crippen molar-refractivity contribution in [2.24, 2.45) is 0 Å². The molecule has 3 aliphatic heterocycles. The van der Waals surface area contributed by atoms with Crippen molar-refractivity contribution < 1.29 is 33.4 Å². The maximum atomic E-state index is 13.2. The molecule has 3 aliphatic rings. The van der Waals surface area contributed by atoms with Crippen molar-refractivity contribution in [2.45, 2.75) is 109 Å². The molecule has 5 amide bonds. The lowest BCUT2D eigenvalue weighted by Crippen LogP contribution is -2.54. The topological polar surface area (TPSA) is 189 Å². The highest BCUT2D eigenvalue weighted by Crippen LogP contribution is 2.34. The summed E-state index contributed by atoms with van der Waals surface area (Å²) in [6.07, 6.45) is 9.70. The molecule has 16 heteroatoms. The highest BCUT2D eigenvalue weighted by molar-refractivity contribution is 6.24. The fraction of sp³-hybridized carbons (Fsp3) is 0.488. The van der Waals surface area contributed by atoms with Crippen molar-refractivity contribution in [1.82, 2.24) is 34.7 Å². The van der Waals surface area contributed by atoms with Gasteiger partial charge in [0.1, 0.15) is 17.9 Å². The van der Waals surface area contributed by atoms with Gasteiger partial charge in [-0.25, -0.2) is 0 Å². The average molecular weight is 808 g/mol. The van der Waals surface area contributed by atoms with Crippen molar-refractivity contribution >= 4 is 46.8 Å². The highest BCUT2D eigenvalue weighted by atomic mass is 16.5. The van der Waals surface area contributed by atoms with Gasteiger partial charge in [-0.05, 0) is 74.9 Å². The van der Waals surface area contributed by atoms with Crippen molar-refractivity contribution in [3.63, 3.8) is 0 Å². The number of aromatic nitrogens is 4. The van der Waals surface area contributed by atoms with Crippen LogP contribution in [0.25, 0.3) is 5.65 Å². The molecule has 2 aromatic heterocycles. The molecule has 16 nitrogen and oxygen atoms in total. The number of piperidine rings is 2. The molecule has 0 aliphatic carbocycles. The van der Waals surface area contributed by atoms with E-state index in [9.17, 15) is 24.0 Å². The molecule has 312 valence electrons. The third kappa shape index (κ3) is 9.87. The lowest BCUT2D eigenvalue weighted by molar-refractivity contribution is -0.136. The van der Waals surface area contributed by atoms with Crippen molar-refractivity contribution in [3.8, 4) is 11.8 Å². The fourth-order valence-corrected chi connectivity index (χ4v) is 7.69. The molecule has 0 bridgehead atoms. The Kier molecular flexibility index (Phi) is 13.1. The summed E-state index contributed by atoms with van der Waals surface area (Å²) in [6, 6.07) is 11.9. The van der Waals surface area contributed by atoms with Crippen LogP contribution < -0.4 is 25.4 Å². The molecule has 4 aromatic rings. The van der Waals surface area contributed by atoms with Crippen LogP contribution >= 0.6 is 0 Å². The predicted octanol–water partition coefficient (Wildman–Crippen LogP) is 5.48. The lowest BCUT2D eigenvalue weighted by Gasteiger charge is -2.28. The summed E-state index contributed by atoms with van der Waals surface area (Å²) in [4.78, 5) is 75.6. The van der Waals surface area contributed by atoms with E-state index < -0.39 is 29.7 Å². The zero-order chi connectivity index (χ0) is 41.5. The zero-order valence-corrected chi connectivity index (χ0v) is 34.0. The number of hydrogen-bond acceptors (Lipinski definition) is 12. The number of hydrogen-bond donors (Lipinski definition) is 3. The van der Waals surface area contributed by atoms with Gasteiger partial charge in [0.25, 0.3) is 11.8 Å². The smallest absolute Gasteiger partial charge is 0.322 e. The Morgan fingerprint density at radius 1 is 0.915 bits per heavy atom. The number of anilines is 2. The average Bonchev–Trinajstić information content (AvgIpc) is 3.76. The zero-order valence-electron chi connectivity index (χ0n) is 34.0. The fourth-order valence-electron chi connectivity index (χ4n) is 7.69. The molecule has 0 spiro atoms. The molecule has 2 aromatic carbocycles. The molecule has 1 unspecified atom stereocenters. The Morgan fingerprint density at radius 3 is 2.41 bits per heavy atom. The van der Waals surface area contributed by atoms with Gasteiger partial charge in [-0.1, -0.05) is 57.7 Å². The second kappa shape index (κ2) is 18.8. The monoisotopic (exact) mass is 807 g/mol. The minimum Gasteiger partial charge on any atom is -0.493 e. The van der Waals surface area contributed by atoms with E-state index in [-0.39, 0.29) is 41.9 Å². The van der Waals surface area contributed by atoms with E-state index in [0.29, 0.717) is 37.3 Å². The maximum absolute atomic E-state index is 13.2. The lowest BCUT2D eigenvalue weighted by atomic mass is 10.0. The molecule has 0 radical (unpaired) electrons. The number of amides is 5. The third-order valence-electron chi connectivity index (χ3n) is 11.1. The van der Waals surface area contributed by atoms with E-state index >= 15 is 0 Å². The predicted molar refractivity (Wildman–Crippen MR) is 219 cm³/mol. The Hall–Kier alpha value is -5.90. The molecule has 1 atom stereocenters. The molecule has 59 heavy (non-hydrogen) atoms. The van der Waals surface area contributed by atoms with Gasteiger partial charge >= 0.3 is 6.01 Å². The molecule has 3 N–H and O–H groups in total. The molecule has 0 saturated carbocycles. The van der Waals surface area contributed by atoms with Crippen LogP contribution in [0, 0.1) is 0 Å². The normalized spacial score (nSPS) is 17.4. The summed E-state index contributed by atoms with van der Waals surface area (Å²) in [5.41, 5.74) is 3.88.